The van der Waals surface area contributed by atoms with Gasteiger partial charge in [-0.25, -0.2) is 8.42 Å². The average molecular weight is 426 g/mol. The quantitative estimate of drug-likeness (QED) is 0.578. The summed E-state index contributed by atoms with van der Waals surface area (Å²) in [7, 11) is -3.73. The van der Waals surface area contributed by atoms with E-state index in [2.05, 4.69) is 15.0 Å². The normalized spacial score (nSPS) is 11.0. The first-order valence-electron chi connectivity index (χ1n) is 9.33. The fourth-order valence-electron chi connectivity index (χ4n) is 2.67. The number of hydrogen-bond donors (Lipinski definition) is 2. The zero-order valence-electron chi connectivity index (χ0n) is 16.8. The van der Waals surface area contributed by atoms with Crippen molar-refractivity contribution in [3.05, 3.63) is 83.7 Å². The third-order valence-electron chi connectivity index (χ3n) is 4.31. The van der Waals surface area contributed by atoms with Gasteiger partial charge in [-0.15, -0.1) is 0 Å². The van der Waals surface area contributed by atoms with Gasteiger partial charge in [-0.2, -0.15) is 0 Å². The zero-order chi connectivity index (χ0) is 21.6. The van der Waals surface area contributed by atoms with E-state index in [1.165, 1.54) is 12.1 Å². The van der Waals surface area contributed by atoms with Crippen molar-refractivity contribution in [1.82, 2.24) is 10.3 Å². The highest BCUT2D eigenvalue weighted by Gasteiger charge is 2.16. The van der Waals surface area contributed by atoms with Crippen LogP contribution >= 0.6 is 0 Å². The zero-order valence-corrected chi connectivity index (χ0v) is 17.6. The van der Waals surface area contributed by atoms with Gasteiger partial charge >= 0.3 is 0 Å². The van der Waals surface area contributed by atoms with Crippen LogP contribution in [0.1, 0.15) is 16.8 Å². The van der Waals surface area contributed by atoms with E-state index in [9.17, 15) is 13.2 Å². The van der Waals surface area contributed by atoms with Crippen molar-refractivity contribution in [3.8, 4) is 5.75 Å². The molecular formula is C22H23N3O4S. The van der Waals surface area contributed by atoms with Gasteiger partial charge in [0.1, 0.15) is 5.75 Å². The molecule has 0 saturated heterocycles. The fraction of sp³-hybridized carbons (Fsp3) is 0.182. The Bertz CT molecular complexity index is 1110. The van der Waals surface area contributed by atoms with E-state index < -0.39 is 10.0 Å². The smallest absolute Gasteiger partial charge is 0.261 e. The Labute approximate surface area is 176 Å². The molecule has 3 aromatic rings. The molecule has 0 radical (unpaired) electrons. The number of benzene rings is 2. The number of carbonyl (C=O) groups is 1. The maximum absolute atomic E-state index is 12.6. The molecule has 3 rings (SSSR count). The Kier molecular flexibility index (Phi) is 6.68. The van der Waals surface area contributed by atoms with Gasteiger partial charge in [0.05, 0.1) is 17.1 Å². The molecule has 0 atom stereocenters. The third-order valence-corrected chi connectivity index (χ3v) is 5.69. The number of anilines is 1. The predicted octanol–water partition coefficient (Wildman–Crippen LogP) is 3.19. The number of aryl methyl sites for hydroxylation is 2. The number of aromatic nitrogens is 1. The molecule has 0 aliphatic rings. The summed E-state index contributed by atoms with van der Waals surface area (Å²) in [6, 6.07) is 17.1. The second kappa shape index (κ2) is 9.41. The summed E-state index contributed by atoms with van der Waals surface area (Å²) < 4.78 is 33.3. The number of nitrogens with zero attached hydrogens (tertiary/aromatic N) is 1. The molecule has 0 aliphatic carbocycles. The number of hydrogen-bond acceptors (Lipinski definition) is 5. The Balaban J connectivity index is 1.59. The number of amides is 1. The monoisotopic (exact) mass is 425 g/mol. The lowest BCUT2D eigenvalue weighted by atomic mass is 10.2. The van der Waals surface area contributed by atoms with E-state index in [0.29, 0.717) is 23.5 Å². The van der Waals surface area contributed by atoms with Crippen LogP contribution < -0.4 is 14.8 Å². The third kappa shape index (κ3) is 5.81. The first-order chi connectivity index (χ1) is 14.3. The van der Waals surface area contributed by atoms with Crippen LogP contribution in [0.3, 0.4) is 0 Å². The number of carbonyl (C=O) groups excluding carboxylic acids is 1. The number of rotatable bonds is 8. The summed E-state index contributed by atoms with van der Waals surface area (Å²) >= 11 is 0. The Hall–Kier alpha value is -3.39. The standard InChI is InChI=1S/C22H23N3O4S/c1-16-6-8-18(9-7-16)25-30(27,28)20-10-11-21(17(2)13-20)29-15-22(26)24-14-19-5-3-4-12-23-19/h3-13,25H,14-15H2,1-2H3,(H,24,26). The van der Waals surface area contributed by atoms with E-state index in [0.717, 1.165) is 11.3 Å². The van der Waals surface area contributed by atoms with E-state index >= 15 is 0 Å². The van der Waals surface area contributed by atoms with E-state index in [-0.39, 0.29) is 17.4 Å². The Morgan fingerprint density at radius 2 is 1.80 bits per heavy atom. The lowest BCUT2D eigenvalue weighted by Gasteiger charge is -2.12. The van der Waals surface area contributed by atoms with Crippen molar-refractivity contribution in [3.63, 3.8) is 0 Å². The number of pyridine rings is 1. The van der Waals surface area contributed by atoms with Crippen molar-refractivity contribution < 1.29 is 17.9 Å². The summed E-state index contributed by atoms with van der Waals surface area (Å²) in [5.74, 6) is 0.148. The number of nitrogens with one attached hydrogen (secondary N) is 2. The van der Waals surface area contributed by atoms with Crippen LogP contribution in [-0.4, -0.2) is 25.9 Å². The van der Waals surface area contributed by atoms with E-state index in [1.807, 2.05) is 31.2 Å². The van der Waals surface area contributed by atoms with Crippen molar-refractivity contribution in [2.24, 2.45) is 0 Å². The summed E-state index contributed by atoms with van der Waals surface area (Å²) in [4.78, 5) is 16.2. The molecule has 8 heteroatoms. The van der Waals surface area contributed by atoms with Crippen molar-refractivity contribution >= 4 is 21.6 Å². The predicted molar refractivity (Wildman–Crippen MR) is 115 cm³/mol. The van der Waals surface area contributed by atoms with Crippen molar-refractivity contribution in [1.29, 1.82) is 0 Å². The van der Waals surface area contributed by atoms with Crippen LogP contribution in [0.4, 0.5) is 5.69 Å². The molecule has 156 valence electrons. The van der Waals surface area contributed by atoms with Crippen LogP contribution in [0.15, 0.2) is 71.8 Å². The Morgan fingerprint density at radius 3 is 2.47 bits per heavy atom. The molecule has 30 heavy (non-hydrogen) atoms. The molecule has 0 fully saturated rings. The fourth-order valence-corrected chi connectivity index (χ4v) is 3.82. The molecule has 0 aliphatic heterocycles. The average Bonchev–Trinajstić information content (AvgIpc) is 2.73. The van der Waals surface area contributed by atoms with Crippen molar-refractivity contribution in [2.45, 2.75) is 25.3 Å². The first kappa shape index (κ1) is 21.3. The molecule has 1 aromatic heterocycles. The van der Waals surface area contributed by atoms with Gasteiger partial charge in [0.15, 0.2) is 6.61 Å². The molecule has 2 aromatic carbocycles. The minimum Gasteiger partial charge on any atom is -0.484 e. The molecule has 1 heterocycles. The highest BCUT2D eigenvalue weighted by molar-refractivity contribution is 7.92. The SMILES string of the molecule is Cc1ccc(NS(=O)(=O)c2ccc(OCC(=O)NCc3ccccn3)c(C)c2)cc1. The number of sulfonamides is 1. The van der Waals surface area contributed by atoms with E-state index in [1.54, 1.807) is 37.4 Å². The molecule has 0 saturated carbocycles. The van der Waals surface area contributed by atoms with Gasteiger partial charge in [-0.1, -0.05) is 23.8 Å². The maximum atomic E-state index is 12.6. The summed E-state index contributed by atoms with van der Waals surface area (Å²) in [6.07, 6.45) is 1.66. The second-order valence-electron chi connectivity index (χ2n) is 6.79. The molecular weight excluding hydrogens is 402 g/mol. The number of ether oxygens (including phenoxy) is 1. The molecule has 1 amide bonds. The summed E-state index contributed by atoms with van der Waals surface area (Å²) in [6.45, 7) is 3.79. The second-order valence-corrected chi connectivity index (χ2v) is 8.47. The molecule has 7 nitrogen and oxygen atoms in total. The Morgan fingerprint density at radius 1 is 1.03 bits per heavy atom. The lowest BCUT2D eigenvalue weighted by Crippen LogP contribution is -2.28. The van der Waals surface area contributed by atoms with Crippen molar-refractivity contribution in [2.75, 3.05) is 11.3 Å². The molecule has 0 spiro atoms. The maximum Gasteiger partial charge on any atom is 0.261 e. The highest BCUT2D eigenvalue weighted by atomic mass is 32.2. The molecule has 2 N–H and O–H groups in total. The van der Waals surface area contributed by atoms with Crippen LogP contribution in [0.5, 0.6) is 5.75 Å². The van der Waals surface area contributed by atoms with Crippen LogP contribution in [-0.2, 0) is 21.4 Å². The summed E-state index contributed by atoms with van der Waals surface area (Å²) in [5, 5.41) is 2.72. The van der Waals surface area contributed by atoms with Crippen LogP contribution in [0.2, 0.25) is 0 Å². The molecule has 0 bridgehead atoms. The lowest BCUT2D eigenvalue weighted by molar-refractivity contribution is -0.123. The van der Waals surface area contributed by atoms with Crippen LogP contribution in [0, 0.1) is 13.8 Å². The topological polar surface area (TPSA) is 97.4 Å². The highest BCUT2D eigenvalue weighted by Crippen LogP contribution is 2.23. The largest absolute Gasteiger partial charge is 0.484 e. The van der Waals surface area contributed by atoms with Gasteiger partial charge < -0.3 is 10.1 Å². The minimum absolute atomic E-state index is 0.118. The van der Waals surface area contributed by atoms with Gasteiger partial charge in [0.25, 0.3) is 15.9 Å². The first-order valence-corrected chi connectivity index (χ1v) is 10.8. The minimum atomic E-state index is -3.73. The van der Waals surface area contributed by atoms with Gasteiger partial charge in [-0.05, 0) is 61.9 Å². The van der Waals surface area contributed by atoms with Gasteiger partial charge in [0.2, 0.25) is 0 Å². The van der Waals surface area contributed by atoms with Crippen LogP contribution in [0.25, 0.3) is 0 Å². The molecule has 0 unspecified atom stereocenters. The van der Waals surface area contributed by atoms with E-state index in [4.69, 9.17) is 4.74 Å². The van der Waals surface area contributed by atoms with Gasteiger partial charge in [0, 0.05) is 11.9 Å². The summed E-state index contributed by atoms with van der Waals surface area (Å²) in [5.41, 5.74) is 2.89. The van der Waals surface area contributed by atoms with Gasteiger partial charge in [-0.3, -0.25) is 14.5 Å².